The molecule has 1 heterocycles. The van der Waals surface area contributed by atoms with Gasteiger partial charge in [-0.25, -0.2) is 4.98 Å². The molecule has 3 N–H and O–H groups in total. The van der Waals surface area contributed by atoms with E-state index in [-0.39, 0.29) is 0 Å². The molecule has 0 saturated heterocycles. The van der Waals surface area contributed by atoms with Crippen molar-refractivity contribution in [1.29, 1.82) is 0 Å². The van der Waals surface area contributed by atoms with Gasteiger partial charge in [0.2, 0.25) is 0 Å². The van der Waals surface area contributed by atoms with E-state index in [2.05, 4.69) is 20.9 Å². The van der Waals surface area contributed by atoms with E-state index in [0.717, 1.165) is 5.56 Å². The summed E-state index contributed by atoms with van der Waals surface area (Å²) < 4.78 is 0. The van der Waals surface area contributed by atoms with Crippen LogP contribution in [0.3, 0.4) is 0 Å². The molecule has 2 amide bonds. The Labute approximate surface area is 139 Å². The molecule has 0 spiro atoms. The van der Waals surface area contributed by atoms with Gasteiger partial charge in [0.25, 0.3) is 0 Å². The van der Waals surface area contributed by atoms with Crippen molar-refractivity contribution in [2.45, 2.75) is 6.92 Å². The molecule has 0 radical (unpaired) electrons. The van der Waals surface area contributed by atoms with Crippen LogP contribution >= 0.6 is 11.6 Å². The van der Waals surface area contributed by atoms with Crippen molar-refractivity contribution in [1.82, 2.24) is 10.3 Å². The van der Waals surface area contributed by atoms with Gasteiger partial charge in [0, 0.05) is 30.0 Å². The topological polar surface area (TPSA) is 83.1 Å². The van der Waals surface area contributed by atoms with Gasteiger partial charge in [-0.2, -0.15) is 0 Å². The summed E-state index contributed by atoms with van der Waals surface area (Å²) in [4.78, 5) is 27.7. The monoisotopic (exact) mass is 332 g/mol. The van der Waals surface area contributed by atoms with Gasteiger partial charge in [0.1, 0.15) is 5.82 Å². The van der Waals surface area contributed by atoms with E-state index in [1.54, 1.807) is 24.4 Å². The predicted molar refractivity (Wildman–Crippen MR) is 90.6 cm³/mol. The maximum Gasteiger partial charge on any atom is 0.313 e. The van der Waals surface area contributed by atoms with Crippen LogP contribution in [-0.4, -0.2) is 29.9 Å². The number of halogens is 1. The van der Waals surface area contributed by atoms with Crippen molar-refractivity contribution in [3.05, 3.63) is 53.2 Å². The van der Waals surface area contributed by atoms with Gasteiger partial charge in [-0.3, -0.25) is 9.59 Å². The first-order valence-electron chi connectivity index (χ1n) is 7.06. The number of carbonyl (C=O) groups excluding carboxylic acids is 2. The van der Waals surface area contributed by atoms with Crippen LogP contribution in [0.15, 0.2) is 42.6 Å². The minimum absolute atomic E-state index is 0.303. The fourth-order valence-corrected chi connectivity index (χ4v) is 1.99. The molecule has 0 atom stereocenters. The second kappa shape index (κ2) is 8.14. The van der Waals surface area contributed by atoms with E-state index >= 15 is 0 Å². The van der Waals surface area contributed by atoms with Crippen molar-refractivity contribution >= 4 is 34.9 Å². The number of aromatic nitrogens is 1. The highest BCUT2D eigenvalue weighted by atomic mass is 35.5. The summed E-state index contributed by atoms with van der Waals surface area (Å²) in [7, 11) is 0. The molecule has 0 aliphatic heterocycles. The van der Waals surface area contributed by atoms with E-state index in [4.69, 9.17) is 11.6 Å². The zero-order chi connectivity index (χ0) is 16.7. The molecular weight excluding hydrogens is 316 g/mol. The standard InChI is InChI=1S/C16H17ClN4O2/c1-11-5-6-12(17)10-13(11)21-16(23)15(22)20-9-8-19-14-4-2-3-7-18-14/h2-7,10H,8-9H2,1H3,(H,18,19)(H,20,22)(H,21,23). The number of nitrogens with zero attached hydrogens (tertiary/aromatic N) is 1. The maximum absolute atomic E-state index is 11.8. The van der Waals surface area contributed by atoms with Gasteiger partial charge in [0.15, 0.2) is 0 Å². The Morgan fingerprint density at radius 3 is 2.70 bits per heavy atom. The summed E-state index contributed by atoms with van der Waals surface area (Å²) in [5.74, 6) is -0.721. The number of nitrogens with one attached hydrogen (secondary N) is 3. The van der Waals surface area contributed by atoms with Crippen molar-refractivity contribution in [2.24, 2.45) is 0 Å². The Hall–Kier alpha value is -2.60. The highest BCUT2D eigenvalue weighted by molar-refractivity contribution is 6.40. The fraction of sp³-hybridized carbons (Fsp3) is 0.188. The molecule has 120 valence electrons. The van der Waals surface area contributed by atoms with Crippen LogP contribution in [0.4, 0.5) is 11.5 Å². The minimum atomic E-state index is -0.729. The Morgan fingerprint density at radius 1 is 1.13 bits per heavy atom. The molecule has 0 fully saturated rings. The number of carbonyl (C=O) groups is 2. The third kappa shape index (κ3) is 5.27. The van der Waals surface area contributed by atoms with Crippen molar-refractivity contribution < 1.29 is 9.59 Å². The zero-order valence-corrected chi connectivity index (χ0v) is 13.4. The van der Waals surface area contributed by atoms with Crippen molar-refractivity contribution in [2.75, 3.05) is 23.7 Å². The second-order valence-corrected chi connectivity index (χ2v) is 5.25. The molecule has 0 aliphatic carbocycles. The van der Waals surface area contributed by atoms with Crippen LogP contribution in [0.1, 0.15) is 5.56 Å². The van der Waals surface area contributed by atoms with Crippen molar-refractivity contribution in [3.63, 3.8) is 0 Å². The predicted octanol–water partition coefficient (Wildman–Crippen LogP) is 2.21. The smallest absolute Gasteiger partial charge is 0.313 e. The molecule has 0 aliphatic rings. The lowest BCUT2D eigenvalue weighted by molar-refractivity contribution is -0.136. The minimum Gasteiger partial charge on any atom is -0.368 e. The number of hydrogen-bond donors (Lipinski definition) is 3. The van der Waals surface area contributed by atoms with E-state index in [0.29, 0.717) is 29.6 Å². The van der Waals surface area contributed by atoms with E-state index in [9.17, 15) is 9.59 Å². The number of benzene rings is 1. The van der Waals surface area contributed by atoms with Gasteiger partial charge in [-0.05, 0) is 36.8 Å². The maximum atomic E-state index is 11.8. The second-order valence-electron chi connectivity index (χ2n) is 4.81. The van der Waals surface area contributed by atoms with Crippen LogP contribution in [0.25, 0.3) is 0 Å². The molecule has 1 aromatic carbocycles. The lowest BCUT2D eigenvalue weighted by Crippen LogP contribution is -2.37. The third-order valence-electron chi connectivity index (χ3n) is 3.04. The zero-order valence-electron chi connectivity index (χ0n) is 12.6. The molecule has 2 rings (SSSR count). The summed E-state index contributed by atoms with van der Waals surface area (Å²) in [5, 5.41) is 8.60. The third-order valence-corrected chi connectivity index (χ3v) is 3.27. The number of rotatable bonds is 5. The van der Waals surface area contributed by atoms with E-state index < -0.39 is 11.8 Å². The lowest BCUT2D eigenvalue weighted by atomic mass is 10.2. The number of hydrogen-bond acceptors (Lipinski definition) is 4. The number of pyridine rings is 1. The SMILES string of the molecule is Cc1ccc(Cl)cc1NC(=O)C(=O)NCCNc1ccccn1. The largest absolute Gasteiger partial charge is 0.368 e. The average Bonchev–Trinajstić information content (AvgIpc) is 2.55. The van der Waals surface area contributed by atoms with Crippen LogP contribution < -0.4 is 16.0 Å². The Morgan fingerprint density at radius 2 is 1.96 bits per heavy atom. The van der Waals surface area contributed by atoms with Gasteiger partial charge in [-0.1, -0.05) is 23.7 Å². The number of aryl methyl sites for hydroxylation is 1. The first-order valence-corrected chi connectivity index (χ1v) is 7.44. The molecule has 0 unspecified atom stereocenters. The molecule has 0 bridgehead atoms. The fourth-order valence-electron chi connectivity index (χ4n) is 1.82. The number of anilines is 2. The Kier molecular flexibility index (Phi) is 5.94. The van der Waals surface area contributed by atoms with Gasteiger partial charge in [0.05, 0.1) is 0 Å². The normalized spacial score (nSPS) is 10.0. The summed E-state index contributed by atoms with van der Waals surface area (Å²) in [6.45, 7) is 2.59. The molecule has 23 heavy (non-hydrogen) atoms. The van der Waals surface area contributed by atoms with Gasteiger partial charge >= 0.3 is 11.8 Å². The van der Waals surface area contributed by atoms with Crippen LogP contribution in [0, 0.1) is 6.92 Å². The first-order chi connectivity index (χ1) is 11.1. The average molecular weight is 333 g/mol. The van der Waals surface area contributed by atoms with Gasteiger partial charge in [-0.15, -0.1) is 0 Å². The van der Waals surface area contributed by atoms with Crippen LogP contribution in [0.2, 0.25) is 5.02 Å². The summed E-state index contributed by atoms with van der Waals surface area (Å²) >= 11 is 5.87. The van der Waals surface area contributed by atoms with Crippen molar-refractivity contribution in [3.8, 4) is 0 Å². The van der Waals surface area contributed by atoms with Crippen LogP contribution in [0.5, 0.6) is 0 Å². The van der Waals surface area contributed by atoms with E-state index in [1.807, 2.05) is 25.1 Å². The summed E-state index contributed by atoms with van der Waals surface area (Å²) in [6, 6.07) is 10.6. The molecular formula is C16H17ClN4O2. The quantitative estimate of drug-likeness (QED) is 0.579. The Bertz CT molecular complexity index is 692. The lowest BCUT2D eigenvalue weighted by Gasteiger charge is -2.09. The van der Waals surface area contributed by atoms with Gasteiger partial charge < -0.3 is 16.0 Å². The summed E-state index contributed by atoms with van der Waals surface area (Å²) in [6.07, 6.45) is 1.67. The first kappa shape index (κ1) is 16.8. The molecule has 0 saturated carbocycles. The molecule has 2 aromatic rings. The highest BCUT2D eigenvalue weighted by Crippen LogP contribution is 2.19. The molecule has 1 aromatic heterocycles. The number of amides is 2. The Balaban J connectivity index is 1.77. The summed E-state index contributed by atoms with van der Waals surface area (Å²) in [5.41, 5.74) is 1.34. The molecule has 6 nitrogen and oxygen atoms in total. The highest BCUT2D eigenvalue weighted by Gasteiger charge is 2.14. The van der Waals surface area contributed by atoms with E-state index in [1.165, 1.54) is 0 Å². The molecule has 7 heteroatoms. The van der Waals surface area contributed by atoms with Crippen LogP contribution in [-0.2, 0) is 9.59 Å².